The molecule has 3 rings (SSSR count). The van der Waals surface area contributed by atoms with Crippen LogP contribution >= 0.6 is 0 Å². The quantitative estimate of drug-likeness (QED) is 0.650. The molecule has 0 fully saturated rings. The molecule has 24 heavy (non-hydrogen) atoms. The highest BCUT2D eigenvalue weighted by Gasteiger charge is 2.11. The monoisotopic (exact) mass is 320 g/mol. The van der Waals surface area contributed by atoms with Gasteiger partial charge in [-0.25, -0.2) is 9.97 Å². The van der Waals surface area contributed by atoms with Gasteiger partial charge in [-0.3, -0.25) is 14.8 Å². The number of aromatic nitrogens is 4. The normalized spacial score (nSPS) is 10.4. The first-order valence-electron chi connectivity index (χ1n) is 7.60. The van der Waals surface area contributed by atoms with Crippen molar-refractivity contribution in [3.63, 3.8) is 0 Å². The van der Waals surface area contributed by atoms with Crippen LogP contribution in [-0.2, 0) is 12.8 Å². The second kappa shape index (κ2) is 7.41. The molecular weight excluding hydrogens is 304 g/mol. The molecule has 6 heteroatoms. The van der Waals surface area contributed by atoms with Crippen molar-refractivity contribution in [3.05, 3.63) is 72.3 Å². The summed E-state index contributed by atoms with van der Waals surface area (Å²) >= 11 is 0. The summed E-state index contributed by atoms with van der Waals surface area (Å²) in [7, 11) is 0. The third-order valence-corrected chi connectivity index (χ3v) is 3.42. The Balaban J connectivity index is 1.74. The summed E-state index contributed by atoms with van der Waals surface area (Å²) in [5.41, 5.74) is 2.24. The van der Waals surface area contributed by atoms with E-state index in [1.165, 1.54) is 6.33 Å². The van der Waals surface area contributed by atoms with Gasteiger partial charge in [0.1, 0.15) is 17.8 Å². The van der Waals surface area contributed by atoms with Crippen molar-refractivity contribution in [1.82, 2.24) is 19.9 Å². The van der Waals surface area contributed by atoms with Crippen molar-refractivity contribution in [2.45, 2.75) is 19.8 Å². The predicted molar refractivity (Wildman–Crippen MR) is 88.0 cm³/mol. The predicted octanol–water partition coefficient (Wildman–Crippen LogP) is 3.05. The van der Waals surface area contributed by atoms with Crippen molar-refractivity contribution in [3.8, 4) is 11.5 Å². The van der Waals surface area contributed by atoms with Gasteiger partial charge in [0.15, 0.2) is 11.5 Å². The Kier molecular flexibility index (Phi) is 4.86. The second-order valence-corrected chi connectivity index (χ2v) is 5.16. The number of ketones is 1. The molecular formula is C18H16N4O2. The number of carbonyl (C=O) groups excluding carboxylic acids is 1. The van der Waals surface area contributed by atoms with E-state index in [-0.39, 0.29) is 12.2 Å². The molecule has 0 spiro atoms. The fraction of sp³-hybridized carbons (Fsp3) is 0.167. The highest BCUT2D eigenvalue weighted by Crippen LogP contribution is 2.20. The lowest BCUT2D eigenvalue weighted by atomic mass is 10.1. The number of Topliss-reactive ketones (excluding diaryl/α,β-unsaturated/α-hetero) is 1. The van der Waals surface area contributed by atoms with Gasteiger partial charge in [-0.1, -0.05) is 6.92 Å². The lowest BCUT2D eigenvalue weighted by Crippen LogP contribution is -2.07. The lowest BCUT2D eigenvalue weighted by Gasteiger charge is -2.06. The molecule has 0 N–H and O–H groups in total. The van der Waals surface area contributed by atoms with E-state index in [4.69, 9.17) is 4.74 Å². The highest BCUT2D eigenvalue weighted by atomic mass is 16.5. The van der Waals surface area contributed by atoms with Crippen LogP contribution in [0.15, 0.2) is 55.4 Å². The molecule has 120 valence electrons. The number of hydrogen-bond acceptors (Lipinski definition) is 6. The lowest BCUT2D eigenvalue weighted by molar-refractivity contribution is 0.0987. The topological polar surface area (TPSA) is 77.9 Å². The van der Waals surface area contributed by atoms with Crippen LogP contribution in [0.2, 0.25) is 0 Å². The summed E-state index contributed by atoms with van der Waals surface area (Å²) in [6.07, 6.45) is 8.91. The molecule has 6 nitrogen and oxygen atoms in total. The Morgan fingerprint density at radius 3 is 2.62 bits per heavy atom. The van der Waals surface area contributed by atoms with Crippen molar-refractivity contribution >= 4 is 5.78 Å². The minimum absolute atomic E-state index is 0.106. The molecule has 0 aromatic carbocycles. The average molecular weight is 320 g/mol. The number of aryl methyl sites for hydroxylation is 1. The maximum absolute atomic E-state index is 12.4. The van der Waals surface area contributed by atoms with E-state index in [2.05, 4.69) is 26.9 Å². The van der Waals surface area contributed by atoms with Gasteiger partial charge in [-0.05, 0) is 30.2 Å². The third-order valence-electron chi connectivity index (χ3n) is 3.42. The summed E-state index contributed by atoms with van der Waals surface area (Å²) in [6, 6.07) is 7.18. The van der Waals surface area contributed by atoms with Crippen LogP contribution in [0.5, 0.6) is 11.5 Å². The van der Waals surface area contributed by atoms with Crippen LogP contribution in [0.25, 0.3) is 0 Å². The van der Waals surface area contributed by atoms with Gasteiger partial charge in [0.2, 0.25) is 0 Å². The maximum Gasteiger partial charge on any atom is 0.187 e. The summed E-state index contributed by atoms with van der Waals surface area (Å²) in [6.45, 7) is 2.07. The zero-order valence-corrected chi connectivity index (χ0v) is 13.2. The van der Waals surface area contributed by atoms with Gasteiger partial charge in [0.05, 0.1) is 18.8 Å². The molecule has 0 saturated heterocycles. The first-order chi connectivity index (χ1) is 11.7. The van der Waals surface area contributed by atoms with E-state index in [9.17, 15) is 4.79 Å². The molecule has 0 radical (unpaired) electrons. The number of nitrogens with zero attached hydrogens (tertiary/aromatic N) is 4. The van der Waals surface area contributed by atoms with E-state index >= 15 is 0 Å². The van der Waals surface area contributed by atoms with Crippen molar-refractivity contribution < 1.29 is 9.53 Å². The smallest absolute Gasteiger partial charge is 0.187 e. The molecule has 0 unspecified atom stereocenters. The van der Waals surface area contributed by atoms with Gasteiger partial charge in [-0.2, -0.15) is 0 Å². The Hall–Kier alpha value is -3.15. The summed E-state index contributed by atoms with van der Waals surface area (Å²) in [5.74, 6) is 0.906. The van der Waals surface area contributed by atoms with E-state index in [0.717, 1.165) is 17.7 Å². The van der Waals surface area contributed by atoms with E-state index in [1.807, 2.05) is 12.1 Å². The van der Waals surface area contributed by atoms with E-state index in [1.54, 1.807) is 36.9 Å². The number of hydrogen-bond donors (Lipinski definition) is 0. The Bertz CT molecular complexity index is 837. The number of rotatable bonds is 6. The number of pyridine rings is 2. The minimum atomic E-state index is -0.106. The standard InChI is InChI=1S/C18H16N4O2/c1-2-13-3-5-21-14(7-13)8-18(23)17-9-15(4-6-22-17)24-16-10-19-12-20-11-16/h3-7,9-12H,2,8H2,1H3. The summed E-state index contributed by atoms with van der Waals surface area (Å²) < 4.78 is 5.62. The first kappa shape index (κ1) is 15.7. The molecule has 3 heterocycles. The SMILES string of the molecule is CCc1ccnc(CC(=O)c2cc(Oc3cncnc3)ccn2)c1. The van der Waals surface area contributed by atoms with Crippen LogP contribution in [0.1, 0.15) is 28.7 Å². The number of carbonyl (C=O) groups is 1. The molecule has 0 atom stereocenters. The number of ether oxygens (including phenoxy) is 1. The van der Waals surface area contributed by atoms with Crippen molar-refractivity contribution in [2.75, 3.05) is 0 Å². The van der Waals surface area contributed by atoms with Gasteiger partial charge in [0.25, 0.3) is 0 Å². The van der Waals surface area contributed by atoms with Gasteiger partial charge in [0, 0.05) is 24.2 Å². The summed E-state index contributed by atoms with van der Waals surface area (Å²) in [5, 5.41) is 0. The first-order valence-corrected chi connectivity index (χ1v) is 7.60. The van der Waals surface area contributed by atoms with Crippen LogP contribution in [0.3, 0.4) is 0 Å². The van der Waals surface area contributed by atoms with Crippen LogP contribution in [0, 0.1) is 0 Å². The Morgan fingerprint density at radius 1 is 1.04 bits per heavy atom. The maximum atomic E-state index is 12.4. The minimum Gasteiger partial charge on any atom is -0.454 e. The van der Waals surface area contributed by atoms with Gasteiger partial charge < -0.3 is 4.74 Å². The second-order valence-electron chi connectivity index (χ2n) is 5.16. The van der Waals surface area contributed by atoms with Crippen LogP contribution < -0.4 is 4.74 Å². The van der Waals surface area contributed by atoms with E-state index < -0.39 is 0 Å². The fourth-order valence-electron chi connectivity index (χ4n) is 2.20. The third kappa shape index (κ3) is 3.98. The van der Waals surface area contributed by atoms with Crippen LogP contribution in [0.4, 0.5) is 0 Å². The molecule has 3 aromatic heterocycles. The zero-order chi connectivity index (χ0) is 16.8. The Labute approximate surface area is 139 Å². The molecule has 3 aromatic rings. The zero-order valence-electron chi connectivity index (χ0n) is 13.2. The molecule has 0 amide bonds. The van der Waals surface area contributed by atoms with Gasteiger partial charge >= 0.3 is 0 Å². The highest BCUT2D eigenvalue weighted by molar-refractivity contribution is 5.95. The molecule has 0 aliphatic rings. The Morgan fingerprint density at radius 2 is 1.83 bits per heavy atom. The van der Waals surface area contributed by atoms with Crippen molar-refractivity contribution in [1.29, 1.82) is 0 Å². The average Bonchev–Trinajstić information content (AvgIpc) is 2.63. The largest absolute Gasteiger partial charge is 0.454 e. The molecule has 0 saturated carbocycles. The molecule has 0 bridgehead atoms. The fourth-order valence-corrected chi connectivity index (χ4v) is 2.20. The van der Waals surface area contributed by atoms with Crippen LogP contribution in [-0.4, -0.2) is 25.7 Å². The summed E-state index contributed by atoms with van der Waals surface area (Å²) in [4.78, 5) is 28.6. The molecule has 0 aliphatic heterocycles. The van der Waals surface area contributed by atoms with E-state index in [0.29, 0.717) is 17.2 Å². The van der Waals surface area contributed by atoms with Crippen molar-refractivity contribution in [2.24, 2.45) is 0 Å². The molecule has 0 aliphatic carbocycles. The van der Waals surface area contributed by atoms with Gasteiger partial charge in [-0.15, -0.1) is 0 Å².